The molecule has 0 amide bonds. The lowest BCUT2D eigenvalue weighted by Gasteiger charge is -2.03. The van der Waals surface area contributed by atoms with Crippen molar-refractivity contribution in [3.63, 3.8) is 0 Å². The summed E-state index contributed by atoms with van der Waals surface area (Å²) >= 11 is 0. The number of nitrogen functional groups attached to an aromatic ring is 1. The summed E-state index contributed by atoms with van der Waals surface area (Å²) in [5.74, 6) is -0.0843. The molecule has 0 aliphatic rings. The summed E-state index contributed by atoms with van der Waals surface area (Å²) in [5, 5.41) is 0. The van der Waals surface area contributed by atoms with Crippen molar-refractivity contribution in [1.82, 2.24) is 19.9 Å². The maximum atomic E-state index is 12.4. The summed E-state index contributed by atoms with van der Waals surface area (Å²) in [6.45, 7) is 0. The molecule has 0 aromatic carbocycles. The molecule has 0 spiro atoms. The molecule has 0 saturated carbocycles. The predicted octanol–water partition coefficient (Wildman–Crippen LogP) is -1.44. The van der Waals surface area contributed by atoms with Crippen LogP contribution in [0, 0.1) is 6.08 Å². The topological polar surface area (TPSA) is 225 Å². The lowest BCUT2D eigenvalue weighted by Crippen LogP contribution is -2.10. The number of hydrogen-bond acceptors (Lipinski definition) is 7. The van der Waals surface area contributed by atoms with Gasteiger partial charge >= 0.3 is 15.6 Å². The van der Waals surface area contributed by atoms with Crippen molar-refractivity contribution in [2.75, 3.05) is 5.73 Å². The van der Waals surface area contributed by atoms with Crippen molar-refractivity contribution >= 4 is 32.8 Å². The van der Waals surface area contributed by atoms with Crippen LogP contribution >= 0.6 is 15.6 Å². The Morgan fingerprint density at radius 3 is 2.05 bits per heavy atom. The number of aromatic amines is 2. The summed E-state index contributed by atoms with van der Waals surface area (Å²) in [7, 11) is -10.1. The zero-order valence-electron chi connectivity index (χ0n) is 9.67. The van der Waals surface area contributed by atoms with Crippen LogP contribution in [0.5, 0.6) is 0 Å². The van der Waals surface area contributed by atoms with Crippen LogP contribution in [0.4, 0.5) is 10.3 Å². The molecule has 0 fully saturated rings. The number of aromatic nitrogens is 4. The fraction of sp³-hybridized carbons (Fsp3) is 0. The minimum atomic E-state index is -5.05. The zero-order valence-corrected chi connectivity index (χ0v) is 11.5. The van der Waals surface area contributed by atoms with E-state index >= 15 is 0 Å². The van der Waals surface area contributed by atoms with Gasteiger partial charge in [0.05, 0.1) is 0 Å². The highest BCUT2D eigenvalue weighted by Crippen LogP contribution is 2.53. The summed E-state index contributed by atoms with van der Waals surface area (Å²) in [6, 6.07) is 0. The highest BCUT2D eigenvalue weighted by Gasteiger charge is 2.27. The summed E-state index contributed by atoms with van der Waals surface area (Å²) in [4.78, 5) is 53.2. The van der Waals surface area contributed by atoms with E-state index in [1.807, 2.05) is 0 Å². The van der Waals surface area contributed by atoms with Gasteiger partial charge in [-0.1, -0.05) is 0 Å². The molecule has 0 saturated heterocycles. The lowest BCUT2D eigenvalue weighted by molar-refractivity contribution is 0.225. The third kappa shape index (κ3) is 6.10. The average Bonchev–Trinajstić information content (AvgIpc) is 2.53. The molecule has 2 aromatic heterocycles. The molecular formula is C5H8FN5O8P2. The number of phosphoric acid groups is 2. The SMILES string of the molecule is Nc1nc2nc(F)[nH]c2c(=O)[nH]1.O=P(O)(O)OP(=O)(O)O. The molecule has 0 radical (unpaired) electrons. The van der Waals surface area contributed by atoms with E-state index in [1.54, 1.807) is 0 Å². The number of nitrogens with two attached hydrogens (primary N) is 1. The predicted molar refractivity (Wildman–Crippen MR) is 64.1 cm³/mol. The maximum Gasteiger partial charge on any atom is 0.478 e. The van der Waals surface area contributed by atoms with Crippen LogP contribution in [-0.2, 0) is 13.4 Å². The monoisotopic (exact) mass is 347 g/mol. The van der Waals surface area contributed by atoms with Crippen LogP contribution in [0.2, 0.25) is 0 Å². The van der Waals surface area contributed by atoms with E-state index in [0.717, 1.165) is 0 Å². The molecule has 2 aromatic rings. The van der Waals surface area contributed by atoms with Gasteiger partial charge in [0, 0.05) is 0 Å². The number of nitrogens with zero attached hydrogens (tertiary/aromatic N) is 2. The molecule has 118 valence electrons. The first kappa shape index (κ1) is 17.4. The van der Waals surface area contributed by atoms with Gasteiger partial charge in [0.2, 0.25) is 5.95 Å². The zero-order chi connectivity index (χ0) is 16.4. The Hall–Kier alpha value is -1.66. The van der Waals surface area contributed by atoms with Crippen molar-refractivity contribution in [2.24, 2.45) is 0 Å². The second-order valence-electron chi connectivity index (χ2n) is 3.24. The Labute approximate surface area is 113 Å². The van der Waals surface area contributed by atoms with Crippen molar-refractivity contribution < 1.29 is 37.4 Å². The number of nitrogens with one attached hydrogen (secondary N) is 2. The standard InChI is InChI=1S/C5H4FN5O.H4O7P2/c6-4-8-1-2(9-4)10-5(7)11-3(1)12;1-8(2,3)7-9(4,5)6/h(H4,7,8,9,10,11,12);(H2,1,2,3)(H2,4,5,6). The van der Waals surface area contributed by atoms with Crippen molar-refractivity contribution in [2.45, 2.75) is 0 Å². The summed E-state index contributed by atoms with van der Waals surface area (Å²) in [6.07, 6.45) is -0.853. The Morgan fingerprint density at radius 2 is 1.62 bits per heavy atom. The first-order valence-electron chi connectivity index (χ1n) is 4.61. The summed E-state index contributed by atoms with van der Waals surface area (Å²) in [5.41, 5.74) is 4.63. The Kier molecular flexibility index (Phi) is 4.96. The van der Waals surface area contributed by atoms with Crippen LogP contribution in [0.1, 0.15) is 0 Å². The summed E-state index contributed by atoms with van der Waals surface area (Å²) < 4.78 is 34.6. The largest absolute Gasteiger partial charge is 0.478 e. The third-order valence-corrected chi connectivity index (χ3v) is 3.27. The number of H-pyrrole nitrogens is 2. The van der Waals surface area contributed by atoms with Gasteiger partial charge in [-0.05, 0) is 0 Å². The van der Waals surface area contributed by atoms with Crippen LogP contribution in [0.25, 0.3) is 11.2 Å². The minimum Gasteiger partial charge on any atom is -0.369 e. The van der Waals surface area contributed by atoms with Gasteiger partial charge in [-0.15, -0.1) is 0 Å². The molecule has 2 rings (SSSR count). The van der Waals surface area contributed by atoms with E-state index in [-0.39, 0.29) is 17.1 Å². The number of anilines is 1. The number of rotatable bonds is 2. The minimum absolute atomic E-state index is 0.0123. The highest BCUT2D eigenvalue weighted by atomic mass is 31.3. The first-order chi connectivity index (χ1) is 9.37. The maximum absolute atomic E-state index is 12.4. The van der Waals surface area contributed by atoms with E-state index in [4.69, 9.17) is 25.3 Å². The number of imidazole rings is 1. The molecule has 21 heavy (non-hydrogen) atoms. The van der Waals surface area contributed by atoms with Gasteiger partial charge < -0.3 is 30.3 Å². The van der Waals surface area contributed by atoms with Gasteiger partial charge in [0.15, 0.2) is 11.2 Å². The molecule has 0 bridgehead atoms. The van der Waals surface area contributed by atoms with Gasteiger partial charge in [-0.3, -0.25) is 9.78 Å². The van der Waals surface area contributed by atoms with Crippen molar-refractivity contribution in [1.29, 1.82) is 0 Å². The second kappa shape index (κ2) is 5.99. The van der Waals surface area contributed by atoms with Crippen molar-refractivity contribution in [3.05, 3.63) is 16.4 Å². The Bertz CT molecular complexity index is 770. The van der Waals surface area contributed by atoms with Gasteiger partial charge in [-0.2, -0.15) is 18.7 Å². The average molecular weight is 347 g/mol. The van der Waals surface area contributed by atoms with Crippen LogP contribution in [0.15, 0.2) is 4.79 Å². The van der Waals surface area contributed by atoms with Gasteiger partial charge in [0.1, 0.15) is 0 Å². The Morgan fingerprint density at radius 1 is 1.10 bits per heavy atom. The van der Waals surface area contributed by atoms with Crippen LogP contribution < -0.4 is 11.3 Å². The molecular weight excluding hydrogens is 339 g/mol. The molecule has 8 N–H and O–H groups in total. The van der Waals surface area contributed by atoms with E-state index in [0.29, 0.717) is 0 Å². The van der Waals surface area contributed by atoms with E-state index in [9.17, 15) is 18.3 Å². The molecule has 16 heteroatoms. The molecule has 2 heterocycles. The number of fused-ring (bicyclic) bond motifs is 1. The van der Waals surface area contributed by atoms with Crippen LogP contribution in [0.3, 0.4) is 0 Å². The fourth-order valence-corrected chi connectivity index (χ4v) is 2.14. The van der Waals surface area contributed by atoms with Gasteiger partial charge in [0.25, 0.3) is 11.6 Å². The normalized spacial score (nSPS) is 12.0. The lowest BCUT2D eigenvalue weighted by atomic mass is 10.5. The van der Waals surface area contributed by atoms with Crippen LogP contribution in [-0.4, -0.2) is 39.5 Å². The first-order valence-corrected chi connectivity index (χ1v) is 7.67. The highest BCUT2D eigenvalue weighted by molar-refractivity contribution is 7.60. The third-order valence-electron chi connectivity index (χ3n) is 1.56. The van der Waals surface area contributed by atoms with E-state index in [2.05, 4.69) is 24.2 Å². The smallest absolute Gasteiger partial charge is 0.369 e. The number of halogens is 1. The second-order valence-corrected chi connectivity index (χ2v) is 5.86. The van der Waals surface area contributed by atoms with Crippen molar-refractivity contribution in [3.8, 4) is 0 Å². The molecule has 0 aliphatic carbocycles. The Balaban J connectivity index is 0.000000222. The molecule has 0 atom stereocenters. The quantitative estimate of drug-likeness (QED) is 0.246. The van der Waals surface area contributed by atoms with Gasteiger partial charge in [-0.25, -0.2) is 9.13 Å². The molecule has 0 unspecified atom stereocenters. The van der Waals surface area contributed by atoms with E-state index in [1.165, 1.54) is 0 Å². The number of hydrogen-bond donors (Lipinski definition) is 7. The van der Waals surface area contributed by atoms with E-state index < -0.39 is 27.3 Å². The molecule has 0 aliphatic heterocycles. The molecule has 13 nitrogen and oxygen atoms in total. The fourth-order valence-electron chi connectivity index (χ4n) is 1.03.